The third-order valence-electron chi connectivity index (χ3n) is 3.35. The summed E-state index contributed by atoms with van der Waals surface area (Å²) in [5, 5.41) is 3.19. The fourth-order valence-electron chi connectivity index (χ4n) is 2.16. The summed E-state index contributed by atoms with van der Waals surface area (Å²) >= 11 is 0. The van der Waals surface area contributed by atoms with E-state index in [1.165, 1.54) is 6.26 Å². The highest BCUT2D eigenvalue weighted by Crippen LogP contribution is 2.21. The van der Waals surface area contributed by atoms with Gasteiger partial charge >= 0.3 is 0 Å². The molecule has 0 amide bonds. The smallest absolute Gasteiger partial charge is 0.175 e. The molecule has 6 heteroatoms. The van der Waals surface area contributed by atoms with Crippen LogP contribution < -0.4 is 5.32 Å². The molecular formula is C17H16N2O3S. The Morgan fingerprint density at radius 2 is 1.83 bits per heavy atom. The second kappa shape index (κ2) is 6.26. The summed E-state index contributed by atoms with van der Waals surface area (Å²) in [6, 6.07) is 16.1. The quantitative estimate of drug-likeness (QED) is 0.777. The molecule has 3 aromatic rings. The zero-order valence-corrected chi connectivity index (χ0v) is 13.4. The summed E-state index contributed by atoms with van der Waals surface area (Å²) in [6.45, 7) is 0.552. The Hall–Kier alpha value is -2.60. The van der Waals surface area contributed by atoms with Gasteiger partial charge in [0.1, 0.15) is 11.6 Å². The van der Waals surface area contributed by atoms with Gasteiger partial charge in [-0.3, -0.25) is 0 Å². The van der Waals surface area contributed by atoms with Crippen molar-refractivity contribution in [2.24, 2.45) is 0 Å². The van der Waals surface area contributed by atoms with Crippen molar-refractivity contribution in [3.63, 3.8) is 0 Å². The number of nitrogens with zero attached hydrogens (tertiary/aromatic N) is 1. The highest BCUT2D eigenvalue weighted by molar-refractivity contribution is 7.90. The molecule has 3 rings (SSSR count). The van der Waals surface area contributed by atoms with E-state index in [2.05, 4.69) is 10.3 Å². The minimum absolute atomic E-state index is 0.299. The molecule has 118 valence electrons. The first-order valence-electron chi connectivity index (χ1n) is 7.06. The van der Waals surface area contributed by atoms with E-state index in [4.69, 9.17) is 4.42 Å². The average molecular weight is 328 g/mol. The van der Waals surface area contributed by atoms with Gasteiger partial charge in [0.15, 0.2) is 9.84 Å². The van der Waals surface area contributed by atoms with Gasteiger partial charge in [0.25, 0.3) is 0 Å². The minimum atomic E-state index is -3.19. The number of aromatic nitrogens is 1. The molecular weight excluding hydrogens is 312 g/mol. The Morgan fingerprint density at radius 1 is 1.04 bits per heavy atom. The summed E-state index contributed by atoms with van der Waals surface area (Å²) in [6.07, 6.45) is 2.82. The lowest BCUT2D eigenvalue weighted by Gasteiger charge is -2.07. The van der Waals surface area contributed by atoms with Crippen molar-refractivity contribution in [1.29, 1.82) is 0 Å². The van der Waals surface area contributed by atoms with Crippen molar-refractivity contribution in [3.8, 4) is 11.3 Å². The lowest BCUT2D eigenvalue weighted by atomic mass is 10.1. The standard InChI is InChI=1S/C17H16N2O3S/c1-23(20,21)15-9-7-13(8-10-15)16-5-2-6-17(19-16)18-12-14-4-3-11-22-14/h2-11H,12H2,1H3,(H,18,19). The Kier molecular flexibility index (Phi) is 4.16. The molecule has 1 N–H and O–H groups in total. The number of anilines is 1. The molecule has 0 bridgehead atoms. The van der Waals surface area contributed by atoms with Crippen LogP contribution in [0.25, 0.3) is 11.3 Å². The van der Waals surface area contributed by atoms with Crippen LogP contribution in [0.1, 0.15) is 5.76 Å². The van der Waals surface area contributed by atoms with Crippen LogP contribution >= 0.6 is 0 Å². The molecule has 0 fully saturated rings. The van der Waals surface area contributed by atoms with Gasteiger partial charge in [0, 0.05) is 11.8 Å². The molecule has 1 aromatic carbocycles. The summed E-state index contributed by atoms with van der Waals surface area (Å²) in [5.74, 6) is 1.56. The molecule has 2 heterocycles. The molecule has 0 aliphatic heterocycles. The lowest BCUT2D eigenvalue weighted by molar-refractivity contribution is 0.518. The Bertz CT molecular complexity index is 886. The fraction of sp³-hybridized carbons (Fsp3) is 0.118. The Balaban J connectivity index is 1.79. The van der Waals surface area contributed by atoms with E-state index in [0.29, 0.717) is 11.4 Å². The van der Waals surface area contributed by atoms with Crippen molar-refractivity contribution < 1.29 is 12.8 Å². The maximum Gasteiger partial charge on any atom is 0.175 e. The van der Waals surface area contributed by atoms with Crippen molar-refractivity contribution in [1.82, 2.24) is 4.98 Å². The lowest BCUT2D eigenvalue weighted by Crippen LogP contribution is -2.01. The van der Waals surface area contributed by atoms with Crippen LogP contribution in [0.15, 0.2) is 70.2 Å². The van der Waals surface area contributed by atoms with Crippen LogP contribution in [0.4, 0.5) is 5.82 Å². The largest absolute Gasteiger partial charge is 0.467 e. The summed E-state index contributed by atoms with van der Waals surface area (Å²) < 4.78 is 28.3. The first-order chi connectivity index (χ1) is 11.0. The third-order valence-corrected chi connectivity index (χ3v) is 4.48. The summed E-state index contributed by atoms with van der Waals surface area (Å²) in [4.78, 5) is 4.83. The van der Waals surface area contributed by atoms with Gasteiger partial charge in [-0.05, 0) is 36.4 Å². The Labute approximate surface area is 134 Å². The predicted octanol–water partition coefficient (Wildman–Crippen LogP) is 3.36. The topological polar surface area (TPSA) is 72.2 Å². The first-order valence-corrected chi connectivity index (χ1v) is 8.95. The van der Waals surface area contributed by atoms with Crippen molar-refractivity contribution in [2.75, 3.05) is 11.6 Å². The van der Waals surface area contributed by atoms with Gasteiger partial charge in [0.2, 0.25) is 0 Å². The molecule has 5 nitrogen and oxygen atoms in total. The molecule has 23 heavy (non-hydrogen) atoms. The SMILES string of the molecule is CS(=O)(=O)c1ccc(-c2cccc(NCc3ccco3)n2)cc1. The van der Waals surface area contributed by atoms with Crippen molar-refractivity contribution in [2.45, 2.75) is 11.4 Å². The van der Waals surface area contributed by atoms with Gasteiger partial charge in [0.05, 0.1) is 23.4 Å². The zero-order valence-electron chi connectivity index (χ0n) is 12.6. The van der Waals surface area contributed by atoms with Gasteiger partial charge in [-0.25, -0.2) is 13.4 Å². The zero-order chi connectivity index (χ0) is 16.3. The maximum absolute atomic E-state index is 11.5. The second-order valence-corrected chi connectivity index (χ2v) is 7.15. The number of benzene rings is 1. The normalized spacial score (nSPS) is 11.3. The maximum atomic E-state index is 11.5. The predicted molar refractivity (Wildman–Crippen MR) is 88.8 cm³/mol. The van der Waals surface area contributed by atoms with Crippen LogP contribution in [0, 0.1) is 0 Å². The fourth-order valence-corrected chi connectivity index (χ4v) is 2.79. The van der Waals surface area contributed by atoms with E-state index in [9.17, 15) is 8.42 Å². The van der Waals surface area contributed by atoms with Crippen molar-refractivity contribution in [3.05, 3.63) is 66.6 Å². The number of nitrogens with one attached hydrogen (secondary N) is 1. The van der Waals surface area contributed by atoms with Crippen LogP contribution in [0.3, 0.4) is 0 Å². The van der Waals surface area contributed by atoms with Gasteiger partial charge in [-0.2, -0.15) is 0 Å². The van der Waals surface area contributed by atoms with E-state index in [0.717, 1.165) is 22.8 Å². The van der Waals surface area contributed by atoms with E-state index in [1.54, 1.807) is 30.5 Å². The third kappa shape index (κ3) is 3.78. The molecule has 0 aliphatic carbocycles. The summed E-state index contributed by atoms with van der Waals surface area (Å²) in [5.41, 5.74) is 1.63. The molecule has 0 saturated carbocycles. The molecule has 0 aliphatic rings. The minimum Gasteiger partial charge on any atom is -0.467 e. The monoisotopic (exact) mass is 328 g/mol. The van der Waals surface area contributed by atoms with Gasteiger partial charge < -0.3 is 9.73 Å². The van der Waals surface area contributed by atoms with Gasteiger partial charge in [-0.15, -0.1) is 0 Å². The molecule has 0 spiro atoms. The Morgan fingerprint density at radius 3 is 2.48 bits per heavy atom. The number of pyridine rings is 1. The number of rotatable bonds is 5. The first kappa shape index (κ1) is 15.3. The van der Waals surface area contributed by atoms with E-state index in [1.807, 2.05) is 30.3 Å². The van der Waals surface area contributed by atoms with Crippen LogP contribution in [0.5, 0.6) is 0 Å². The highest BCUT2D eigenvalue weighted by atomic mass is 32.2. The van der Waals surface area contributed by atoms with E-state index >= 15 is 0 Å². The molecule has 2 aromatic heterocycles. The van der Waals surface area contributed by atoms with Crippen LogP contribution in [-0.4, -0.2) is 19.7 Å². The number of hydrogen-bond donors (Lipinski definition) is 1. The number of furan rings is 1. The highest BCUT2D eigenvalue weighted by Gasteiger charge is 2.08. The molecule has 0 radical (unpaired) electrons. The number of hydrogen-bond acceptors (Lipinski definition) is 5. The summed E-state index contributed by atoms with van der Waals surface area (Å²) in [7, 11) is -3.19. The van der Waals surface area contributed by atoms with Crippen molar-refractivity contribution >= 4 is 15.7 Å². The van der Waals surface area contributed by atoms with E-state index in [-0.39, 0.29) is 0 Å². The molecule has 0 saturated heterocycles. The second-order valence-electron chi connectivity index (χ2n) is 5.14. The molecule has 0 unspecified atom stereocenters. The van der Waals surface area contributed by atoms with E-state index < -0.39 is 9.84 Å². The van der Waals surface area contributed by atoms with Gasteiger partial charge in [-0.1, -0.05) is 18.2 Å². The van der Waals surface area contributed by atoms with Crippen LogP contribution in [-0.2, 0) is 16.4 Å². The van der Waals surface area contributed by atoms with Crippen LogP contribution in [0.2, 0.25) is 0 Å². The average Bonchev–Trinajstić information content (AvgIpc) is 3.06. The molecule has 0 atom stereocenters. The number of sulfone groups is 1.